The van der Waals surface area contributed by atoms with Gasteiger partial charge in [0, 0.05) is 29.4 Å². The molecular formula is C20H25N3O3S2. The lowest BCUT2D eigenvalue weighted by atomic mass is 9.76. The molecule has 4 atom stereocenters. The number of rotatable bonds is 4. The molecule has 4 heterocycles. The van der Waals surface area contributed by atoms with Crippen LogP contribution in [0, 0.1) is 18.8 Å². The van der Waals surface area contributed by atoms with Gasteiger partial charge in [-0.15, -0.1) is 11.3 Å². The number of nitrogens with zero attached hydrogens (tertiary/aromatic N) is 2. The first kappa shape index (κ1) is 18.6. The van der Waals surface area contributed by atoms with Gasteiger partial charge in [-0.2, -0.15) is 0 Å². The summed E-state index contributed by atoms with van der Waals surface area (Å²) in [4.78, 5) is 31.9. The maximum atomic E-state index is 13.1. The molecule has 0 unspecified atom stereocenters. The van der Waals surface area contributed by atoms with Crippen LogP contribution in [0.4, 0.5) is 0 Å². The van der Waals surface area contributed by atoms with Crippen LogP contribution >= 0.6 is 23.1 Å². The van der Waals surface area contributed by atoms with Crippen molar-refractivity contribution >= 4 is 34.9 Å². The number of hydrogen-bond donors (Lipinski definition) is 1. The van der Waals surface area contributed by atoms with Crippen molar-refractivity contribution in [2.75, 3.05) is 13.6 Å². The van der Waals surface area contributed by atoms with E-state index >= 15 is 0 Å². The van der Waals surface area contributed by atoms with Crippen molar-refractivity contribution in [2.24, 2.45) is 11.8 Å². The molecule has 6 nitrogen and oxygen atoms in total. The van der Waals surface area contributed by atoms with Gasteiger partial charge in [-0.3, -0.25) is 9.59 Å². The Kier molecular flexibility index (Phi) is 4.56. The third kappa shape index (κ3) is 3.00. The number of ether oxygens (including phenoxy) is 1. The quantitative estimate of drug-likeness (QED) is 0.759. The number of aryl methyl sites for hydroxylation is 1. The fraction of sp³-hybridized carbons (Fsp3) is 0.650. The Labute approximate surface area is 173 Å². The molecule has 0 radical (unpaired) electrons. The maximum Gasteiger partial charge on any atom is 0.229 e. The molecule has 2 saturated heterocycles. The molecule has 2 amide bonds. The van der Waals surface area contributed by atoms with E-state index in [0.717, 1.165) is 35.7 Å². The molecule has 0 aromatic carbocycles. The fourth-order valence-electron chi connectivity index (χ4n) is 5.14. The van der Waals surface area contributed by atoms with Gasteiger partial charge in [-0.25, -0.2) is 4.98 Å². The molecule has 150 valence electrons. The van der Waals surface area contributed by atoms with E-state index in [1.54, 1.807) is 23.3 Å². The number of likely N-dealkylation sites (tertiary alicyclic amines) is 1. The van der Waals surface area contributed by atoms with Crippen molar-refractivity contribution in [3.05, 3.63) is 23.2 Å². The highest BCUT2D eigenvalue weighted by molar-refractivity contribution is 8.01. The number of carbonyl (C=O) groups excluding carboxylic acids is 2. The molecule has 5 rings (SSSR count). The zero-order valence-corrected chi connectivity index (χ0v) is 17.7. The first-order valence-corrected chi connectivity index (χ1v) is 11.7. The molecule has 3 fully saturated rings. The van der Waals surface area contributed by atoms with Crippen LogP contribution in [-0.4, -0.2) is 58.3 Å². The molecule has 3 aliphatic heterocycles. The first-order chi connectivity index (χ1) is 13.4. The third-order valence-electron chi connectivity index (χ3n) is 6.48. The second-order valence-corrected chi connectivity index (χ2v) is 10.9. The number of thioether (sulfide) groups is 1. The van der Waals surface area contributed by atoms with Crippen molar-refractivity contribution in [1.82, 2.24) is 15.2 Å². The van der Waals surface area contributed by atoms with E-state index in [2.05, 4.69) is 15.7 Å². The first-order valence-electron chi connectivity index (χ1n) is 9.96. The maximum absolute atomic E-state index is 13.1. The zero-order chi connectivity index (χ0) is 19.5. The minimum absolute atomic E-state index is 0.0171. The summed E-state index contributed by atoms with van der Waals surface area (Å²) in [6.45, 7) is 2.57. The van der Waals surface area contributed by atoms with Crippen molar-refractivity contribution in [3.63, 3.8) is 0 Å². The van der Waals surface area contributed by atoms with Crippen molar-refractivity contribution in [3.8, 4) is 0 Å². The number of fused-ring (bicyclic) bond motifs is 1. The summed E-state index contributed by atoms with van der Waals surface area (Å²) in [5.74, 6) is -0.747. The topological polar surface area (TPSA) is 71.5 Å². The van der Waals surface area contributed by atoms with E-state index in [1.165, 1.54) is 0 Å². The number of aromatic nitrogens is 1. The van der Waals surface area contributed by atoms with Crippen LogP contribution in [0.5, 0.6) is 0 Å². The second kappa shape index (κ2) is 6.85. The molecule has 1 spiro atoms. The van der Waals surface area contributed by atoms with Crippen LogP contribution in [-0.2, 0) is 14.3 Å². The molecule has 1 saturated carbocycles. The molecule has 1 aliphatic carbocycles. The Bertz CT molecular complexity index is 832. The summed E-state index contributed by atoms with van der Waals surface area (Å²) in [5.41, 5.74) is 0.499. The minimum atomic E-state index is -0.585. The predicted octanol–water partition coefficient (Wildman–Crippen LogP) is 2.38. The Hall–Kier alpha value is -1.38. The molecule has 4 aliphatic rings. The van der Waals surface area contributed by atoms with Gasteiger partial charge in [0.2, 0.25) is 11.8 Å². The van der Waals surface area contributed by atoms with E-state index in [0.29, 0.717) is 11.8 Å². The van der Waals surface area contributed by atoms with Crippen LogP contribution in [0.25, 0.3) is 0 Å². The SMILES string of the molecule is Cc1csc(SC2CCC(NC(=O)[C@H]3[C@@H]4C=C[C@@]5(CN(C)C(=O)[C@@H]35)O4)CC2)n1. The Balaban J connectivity index is 1.18. The Morgan fingerprint density at radius 1 is 1.39 bits per heavy atom. The molecule has 1 N–H and O–H groups in total. The number of likely N-dealkylation sites (N-methyl/N-ethyl adjacent to an activating group) is 1. The van der Waals surface area contributed by atoms with Gasteiger partial charge in [-0.05, 0) is 32.6 Å². The summed E-state index contributed by atoms with van der Waals surface area (Å²) in [7, 11) is 1.79. The van der Waals surface area contributed by atoms with E-state index in [9.17, 15) is 9.59 Å². The zero-order valence-electron chi connectivity index (χ0n) is 16.1. The summed E-state index contributed by atoms with van der Waals surface area (Å²) in [5, 5.41) is 5.90. The van der Waals surface area contributed by atoms with Crippen LogP contribution in [0.1, 0.15) is 31.4 Å². The smallest absolute Gasteiger partial charge is 0.229 e. The third-order valence-corrected chi connectivity index (χ3v) is 8.91. The fourth-order valence-corrected chi connectivity index (χ4v) is 7.43. The van der Waals surface area contributed by atoms with Gasteiger partial charge >= 0.3 is 0 Å². The lowest BCUT2D eigenvalue weighted by Gasteiger charge is -2.30. The van der Waals surface area contributed by atoms with Crippen LogP contribution in [0.2, 0.25) is 0 Å². The molecule has 1 aromatic heterocycles. The number of carbonyl (C=O) groups is 2. The predicted molar refractivity (Wildman–Crippen MR) is 108 cm³/mol. The monoisotopic (exact) mass is 419 g/mol. The van der Waals surface area contributed by atoms with Crippen LogP contribution in [0.15, 0.2) is 21.9 Å². The normalized spacial score (nSPS) is 38.9. The van der Waals surface area contributed by atoms with E-state index in [4.69, 9.17) is 4.74 Å². The lowest BCUT2D eigenvalue weighted by molar-refractivity contribution is -0.137. The molecule has 1 aromatic rings. The van der Waals surface area contributed by atoms with Crippen molar-refractivity contribution in [1.29, 1.82) is 0 Å². The Morgan fingerprint density at radius 2 is 2.18 bits per heavy atom. The number of hydrogen-bond acceptors (Lipinski definition) is 6. The van der Waals surface area contributed by atoms with Crippen LogP contribution in [0.3, 0.4) is 0 Å². The van der Waals surface area contributed by atoms with Gasteiger partial charge in [0.15, 0.2) is 0 Å². The standard InChI is InChI=1S/C20H25N3O3S2/c1-11-9-27-19(21-11)28-13-5-3-12(4-6-13)22-17(24)15-14-7-8-20(26-14)10-23(2)18(25)16(15)20/h7-9,12-16H,3-6,10H2,1-2H3,(H,22,24)/t12?,13?,14-,15-,16+,20-/m0/s1. The summed E-state index contributed by atoms with van der Waals surface area (Å²) in [6, 6.07) is 0.190. The number of amides is 2. The second-order valence-electron chi connectivity index (χ2n) is 8.45. The molecular weight excluding hydrogens is 394 g/mol. The average Bonchev–Trinajstić information content (AvgIpc) is 3.39. The molecule has 2 bridgehead atoms. The van der Waals surface area contributed by atoms with E-state index in [-0.39, 0.29) is 29.9 Å². The highest BCUT2D eigenvalue weighted by Crippen LogP contribution is 2.51. The lowest BCUT2D eigenvalue weighted by Crippen LogP contribution is -2.47. The summed E-state index contributed by atoms with van der Waals surface area (Å²) >= 11 is 3.58. The highest BCUT2D eigenvalue weighted by Gasteiger charge is 2.66. The minimum Gasteiger partial charge on any atom is -0.360 e. The highest BCUT2D eigenvalue weighted by atomic mass is 32.2. The largest absolute Gasteiger partial charge is 0.360 e. The number of thiazole rings is 1. The van der Waals surface area contributed by atoms with Gasteiger partial charge in [-0.1, -0.05) is 23.9 Å². The van der Waals surface area contributed by atoms with Crippen LogP contribution < -0.4 is 5.32 Å². The van der Waals surface area contributed by atoms with Crippen molar-refractivity contribution < 1.29 is 14.3 Å². The van der Waals surface area contributed by atoms with Gasteiger partial charge in [0.25, 0.3) is 0 Å². The molecule has 8 heteroatoms. The Morgan fingerprint density at radius 3 is 2.89 bits per heavy atom. The van der Waals surface area contributed by atoms with E-state index in [1.807, 2.05) is 30.8 Å². The molecule has 28 heavy (non-hydrogen) atoms. The van der Waals surface area contributed by atoms with Gasteiger partial charge in [0.1, 0.15) is 9.94 Å². The van der Waals surface area contributed by atoms with Gasteiger partial charge < -0.3 is 15.0 Å². The average molecular weight is 420 g/mol. The van der Waals surface area contributed by atoms with E-state index < -0.39 is 11.5 Å². The summed E-state index contributed by atoms with van der Waals surface area (Å²) in [6.07, 6.45) is 7.81. The van der Waals surface area contributed by atoms with Gasteiger partial charge in [0.05, 0.1) is 24.5 Å². The number of nitrogens with one attached hydrogen (secondary N) is 1. The summed E-state index contributed by atoms with van der Waals surface area (Å²) < 4.78 is 7.23. The van der Waals surface area contributed by atoms with Crippen molar-refractivity contribution in [2.45, 2.75) is 59.9 Å².